The smallest absolute Gasteiger partial charge is 0.420 e. The molecule has 3 rings (SSSR count). The fourth-order valence-electron chi connectivity index (χ4n) is 5.44. The van der Waals surface area contributed by atoms with E-state index in [1.54, 1.807) is 18.2 Å². The number of rotatable bonds is 30. The van der Waals surface area contributed by atoms with E-state index >= 15 is 0 Å². The van der Waals surface area contributed by atoms with E-state index in [0.29, 0.717) is 22.5 Å². The number of carbonyl (C=O) groups excluding carboxylic acids is 7. The molecule has 25 nitrogen and oxygen atoms in total. The first-order valence-electron chi connectivity index (χ1n) is 20.7. The molecule has 2 aromatic rings. The van der Waals surface area contributed by atoms with Gasteiger partial charge < -0.3 is 51.1 Å². The van der Waals surface area contributed by atoms with Gasteiger partial charge in [-0.3, -0.25) is 33.7 Å². The summed E-state index contributed by atoms with van der Waals surface area (Å²) < 4.78 is 38.7. The zero-order valence-corrected chi connectivity index (χ0v) is 37.9. The summed E-state index contributed by atoms with van der Waals surface area (Å²) in [6, 6.07) is 2.06. The van der Waals surface area contributed by atoms with Crippen LogP contribution in [0.2, 0.25) is 0 Å². The molecule has 2 radical (unpaired) electrons. The van der Waals surface area contributed by atoms with E-state index in [0.717, 1.165) is 17.1 Å². The summed E-state index contributed by atoms with van der Waals surface area (Å²) in [5, 5.41) is 27.5. The maximum absolute atomic E-state index is 13.5. The van der Waals surface area contributed by atoms with Crippen molar-refractivity contribution < 1.29 is 66.6 Å². The van der Waals surface area contributed by atoms with Crippen LogP contribution >= 0.6 is 0 Å². The monoisotopic (exact) mass is 947 g/mol. The normalized spacial score (nSPS) is 13.2. The molecule has 0 fully saturated rings. The Labute approximate surface area is 385 Å². The average molecular weight is 948 g/mol. The number of amides is 8. The molecule has 1 aromatic carbocycles. The highest BCUT2D eigenvalue weighted by Gasteiger charge is 2.24. The molecule has 0 saturated heterocycles. The van der Waals surface area contributed by atoms with Gasteiger partial charge in [0, 0.05) is 44.5 Å². The number of ether oxygens (including phenoxy) is 4. The van der Waals surface area contributed by atoms with Crippen LogP contribution in [0.25, 0.3) is 0 Å². The van der Waals surface area contributed by atoms with Crippen molar-refractivity contribution >= 4 is 72.3 Å². The standard InChI is InChI=1S/C36H50BN11O14S.C3H8/c1-59-13-10-41-63(58)45-36(57)62-22-27(16-33(53)54)48-19-26(44-46-48)21-61-20-24-15-25(5-4-23(24)17-37)42-34(55)28(3-2-9-39-35(38)56)43-30(50)18-40-29(49)8-12-60-14-11-47-31(51)6-7-32(47)52;1-3-2/h4-7,15,19,27-28,41H,2-3,8-14,16-18,20-22H2,1H3,(H,40,49)(H,42,55)(H,43,50)(H,45,57)(H,53,54)(H3,38,39,56);3H2,1-2H3. The molecule has 0 saturated carbocycles. The number of nitrogens with zero attached hydrogens (tertiary/aromatic N) is 4. The first-order valence-corrected chi connectivity index (χ1v) is 21.9. The van der Waals surface area contributed by atoms with E-state index in [4.69, 9.17) is 32.5 Å². The van der Waals surface area contributed by atoms with Gasteiger partial charge in [0.15, 0.2) is 11.2 Å². The number of benzene rings is 1. The van der Waals surface area contributed by atoms with Crippen molar-refractivity contribution in [1.82, 2.24) is 45.3 Å². The van der Waals surface area contributed by atoms with Crippen molar-refractivity contribution in [3.63, 3.8) is 0 Å². The molecule has 1 aliphatic heterocycles. The lowest BCUT2D eigenvalue weighted by Gasteiger charge is -2.20. The van der Waals surface area contributed by atoms with Crippen molar-refractivity contribution in [2.45, 2.75) is 77.6 Å². The van der Waals surface area contributed by atoms with Gasteiger partial charge in [-0.1, -0.05) is 43.4 Å². The second kappa shape index (κ2) is 31.6. The van der Waals surface area contributed by atoms with Crippen molar-refractivity contribution in [2.24, 2.45) is 5.73 Å². The molecule has 362 valence electrons. The van der Waals surface area contributed by atoms with Gasteiger partial charge in [0.1, 0.15) is 18.3 Å². The van der Waals surface area contributed by atoms with Crippen molar-refractivity contribution in [3.8, 4) is 0 Å². The lowest BCUT2D eigenvalue weighted by molar-refractivity contribution is -0.139. The third-order valence-corrected chi connectivity index (χ3v) is 9.38. The minimum absolute atomic E-state index is 0.0144. The molecule has 1 aliphatic rings. The van der Waals surface area contributed by atoms with Gasteiger partial charge >= 0.3 is 18.1 Å². The summed E-state index contributed by atoms with van der Waals surface area (Å²) in [5.41, 5.74) is 7.04. The minimum Gasteiger partial charge on any atom is -0.481 e. The summed E-state index contributed by atoms with van der Waals surface area (Å²) in [6.45, 7) is 3.79. The molecule has 1 aromatic heterocycles. The number of carboxylic acid groups (broad SMARTS) is 1. The van der Waals surface area contributed by atoms with E-state index in [9.17, 15) is 47.7 Å². The molecule has 0 spiro atoms. The van der Waals surface area contributed by atoms with E-state index in [1.165, 1.54) is 24.4 Å². The minimum atomic E-state index is -1.97. The highest BCUT2D eigenvalue weighted by Crippen LogP contribution is 2.19. The van der Waals surface area contributed by atoms with E-state index < -0.39 is 90.5 Å². The summed E-state index contributed by atoms with van der Waals surface area (Å²) >= 11 is -1.97. The Kier molecular flexibility index (Phi) is 26.7. The number of nitrogens with two attached hydrogens (primary N) is 1. The average Bonchev–Trinajstić information content (AvgIpc) is 3.87. The lowest BCUT2D eigenvalue weighted by atomic mass is 9.93. The Hall–Kier alpha value is -6.29. The van der Waals surface area contributed by atoms with E-state index in [-0.39, 0.29) is 78.3 Å². The maximum Gasteiger partial charge on any atom is 0.420 e. The number of methoxy groups -OCH3 is 1. The van der Waals surface area contributed by atoms with Crippen LogP contribution < -0.4 is 36.4 Å². The Bertz CT molecular complexity index is 1970. The lowest BCUT2D eigenvalue weighted by Crippen LogP contribution is -2.47. The maximum atomic E-state index is 13.5. The summed E-state index contributed by atoms with van der Waals surface area (Å²) in [6.07, 6.45) is 3.75. The number of carbonyl (C=O) groups is 8. The van der Waals surface area contributed by atoms with Crippen molar-refractivity contribution in [3.05, 3.63) is 53.4 Å². The predicted octanol–water partition coefficient (Wildman–Crippen LogP) is -1.04. The van der Waals surface area contributed by atoms with Crippen molar-refractivity contribution in [2.75, 3.05) is 65.0 Å². The van der Waals surface area contributed by atoms with Gasteiger partial charge in [-0.15, -0.1) is 5.10 Å². The van der Waals surface area contributed by atoms with Gasteiger partial charge in [0.25, 0.3) is 11.8 Å². The first-order chi connectivity index (χ1) is 31.6. The zero-order valence-electron chi connectivity index (χ0n) is 37.0. The molecule has 0 bridgehead atoms. The third-order valence-electron chi connectivity index (χ3n) is 8.57. The molecule has 8 amide bonds. The predicted molar refractivity (Wildman–Crippen MR) is 236 cm³/mol. The second-order valence-corrected chi connectivity index (χ2v) is 15.1. The molecule has 27 heteroatoms. The number of urea groups is 1. The van der Waals surface area contributed by atoms with Gasteiger partial charge in [0.2, 0.25) is 17.7 Å². The van der Waals surface area contributed by atoms with Crippen molar-refractivity contribution in [1.29, 1.82) is 0 Å². The first kappa shape index (κ1) is 55.8. The Morgan fingerprint density at radius 3 is 2.35 bits per heavy atom. The molecular weight excluding hydrogens is 889 g/mol. The number of aromatic nitrogens is 3. The summed E-state index contributed by atoms with van der Waals surface area (Å²) in [5.74, 6) is -3.92. The molecule has 3 unspecified atom stereocenters. The Morgan fingerprint density at radius 1 is 0.955 bits per heavy atom. The van der Waals surface area contributed by atoms with Gasteiger partial charge in [-0.25, -0.2) is 27.9 Å². The van der Waals surface area contributed by atoms with E-state index in [1.807, 2.05) is 0 Å². The Balaban J connectivity index is 0.00000485. The van der Waals surface area contributed by atoms with Crippen LogP contribution in [0.15, 0.2) is 36.5 Å². The van der Waals surface area contributed by atoms with Crippen LogP contribution in [0.5, 0.6) is 0 Å². The highest BCUT2D eigenvalue weighted by molar-refractivity contribution is 7.81. The van der Waals surface area contributed by atoms with Gasteiger partial charge in [-0.05, 0) is 30.5 Å². The number of carboxylic acids is 1. The third kappa shape index (κ3) is 22.6. The second-order valence-electron chi connectivity index (χ2n) is 14.0. The number of primary amides is 1. The van der Waals surface area contributed by atoms with Gasteiger partial charge in [0.05, 0.1) is 72.6 Å². The number of anilines is 1. The number of aliphatic carboxylic acids is 1. The van der Waals surface area contributed by atoms with Crippen LogP contribution in [-0.4, -0.2) is 150 Å². The largest absolute Gasteiger partial charge is 0.481 e. The van der Waals surface area contributed by atoms with Crippen LogP contribution in [0, 0.1) is 0 Å². The fraction of sp³-hybridized carbons (Fsp3) is 0.538. The van der Waals surface area contributed by atoms with Crippen LogP contribution in [-0.2, 0) is 78.4 Å². The zero-order chi connectivity index (χ0) is 48.9. The molecule has 2 heterocycles. The fourth-order valence-corrected chi connectivity index (χ4v) is 5.99. The van der Waals surface area contributed by atoms with E-state index in [2.05, 4.69) is 54.9 Å². The highest BCUT2D eigenvalue weighted by atomic mass is 32.2. The summed E-state index contributed by atoms with van der Waals surface area (Å²) in [4.78, 5) is 97.6. The molecule has 3 atom stereocenters. The SMILES string of the molecule is CCC.[B]Cc1ccc(NC(=O)C(CCCNC(N)=O)NC(=O)CNC(=O)CCOCCN2C(=O)C=CC2=O)cc1COCc1cn(C(COC(=O)NS(=O)NCCOC)CC(=O)O)nn1. The topological polar surface area (TPSA) is 343 Å². The number of hydrogen-bond donors (Lipinski definition) is 8. The Morgan fingerprint density at radius 2 is 1.68 bits per heavy atom. The number of hydrogen-bond acceptors (Lipinski definition) is 15. The summed E-state index contributed by atoms with van der Waals surface area (Å²) in [7, 11) is 7.40. The number of imide groups is 1. The molecule has 66 heavy (non-hydrogen) atoms. The van der Waals surface area contributed by atoms with Crippen LogP contribution in [0.4, 0.5) is 15.3 Å². The number of nitrogens with one attached hydrogen (secondary N) is 6. The quantitative estimate of drug-likeness (QED) is 0.0263. The van der Waals surface area contributed by atoms with Gasteiger partial charge in [-0.2, -0.15) is 0 Å². The van der Waals surface area contributed by atoms with Crippen LogP contribution in [0.3, 0.4) is 0 Å². The molecular formula is C39H58BN11O14S. The van der Waals surface area contributed by atoms with Crippen LogP contribution in [0.1, 0.15) is 68.8 Å². The molecule has 0 aliphatic carbocycles. The molecule has 9 N–H and O–H groups in total.